The van der Waals surface area contributed by atoms with Gasteiger partial charge in [-0.2, -0.15) is 0 Å². The van der Waals surface area contributed by atoms with E-state index in [1.54, 1.807) is 21.3 Å². The maximum Gasteiger partial charge on any atom is 0.161 e. The second-order valence-corrected chi connectivity index (χ2v) is 7.11. The molecule has 0 fully saturated rings. The quantitative estimate of drug-likeness (QED) is 0.916. The maximum absolute atomic E-state index is 10.2. The summed E-state index contributed by atoms with van der Waals surface area (Å²) < 4.78 is 16.4. The van der Waals surface area contributed by atoms with Gasteiger partial charge in [-0.3, -0.25) is 4.90 Å². The molecule has 0 saturated carbocycles. The van der Waals surface area contributed by atoms with E-state index < -0.39 is 0 Å². The fourth-order valence-corrected chi connectivity index (χ4v) is 4.57. The number of aromatic hydroxyl groups is 1. The van der Waals surface area contributed by atoms with Gasteiger partial charge in [0.2, 0.25) is 0 Å². The van der Waals surface area contributed by atoms with E-state index in [2.05, 4.69) is 24.1 Å². The number of fused-ring (bicyclic) bond motifs is 5. The molecule has 1 N–H and O–H groups in total. The van der Waals surface area contributed by atoms with Crippen LogP contribution in [0.5, 0.6) is 23.0 Å². The molecule has 2 unspecified atom stereocenters. The second-order valence-electron chi connectivity index (χ2n) is 7.11. The van der Waals surface area contributed by atoms with Crippen molar-refractivity contribution in [3.8, 4) is 23.0 Å². The van der Waals surface area contributed by atoms with Gasteiger partial charge in [-0.25, -0.2) is 0 Å². The lowest BCUT2D eigenvalue weighted by Crippen LogP contribution is -2.26. The standard InChI is InChI=1S/C21H25NO4/c1-22-6-5-12-9-19(25-3)20(26-4)10-14(12)16-7-13-8-17(23)18(24-2)11-15(13)21(16)22/h8-11,16,21,23H,5-7H2,1-4H3. The first-order valence-corrected chi connectivity index (χ1v) is 8.92. The summed E-state index contributed by atoms with van der Waals surface area (Å²) in [5.74, 6) is 2.61. The van der Waals surface area contributed by atoms with Crippen molar-refractivity contribution in [1.82, 2.24) is 4.90 Å². The molecule has 1 aliphatic carbocycles. The first kappa shape index (κ1) is 17.0. The zero-order valence-electron chi connectivity index (χ0n) is 15.7. The third kappa shape index (κ3) is 2.50. The topological polar surface area (TPSA) is 51.2 Å². The number of phenolic OH excluding ortho intramolecular Hbond substituents is 1. The molecule has 2 atom stereocenters. The average Bonchev–Trinajstić information content (AvgIpc) is 2.96. The number of hydrogen-bond donors (Lipinski definition) is 1. The van der Waals surface area contributed by atoms with E-state index in [0.717, 1.165) is 30.9 Å². The van der Waals surface area contributed by atoms with Crippen LogP contribution in [0.1, 0.15) is 34.2 Å². The van der Waals surface area contributed by atoms with Crippen LogP contribution in [0.25, 0.3) is 0 Å². The fraction of sp³-hybridized carbons (Fsp3) is 0.429. The number of hydrogen-bond acceptors (Lipinski definition) is 5. The number of likely N-dealkylation sites (N-methyl/N-ethyl adjacent to an activating group) is 1. The summed E-state index contributed by atoms with van der Waals surface area (Å²) in [6.07, 6.45) is 1.87. The van der Waals surface area contributed by atoms with Crippen LogP contribution >= 0.6 is 0 Å². The molecule has 5 nitrogen and oxygen atoms in total. The zero-order valence-corrected chi connectivity index (χ0v) is 15.7. The predicted octanol–water partition coefficient (Wildman–Crippen LogP) is 3.29. The minimum absolute atomic E-state index is 0.206. The third-order valence-electron chi connectivity index (χ3n) is 5.83. The Morgan fingerprint density at radius 2 is 1.54 bits per heavy atom. The molecule has 0 amide bonds. The molecule has 0 spiro atoms. The number of methoxy groups -OCH3 is 3. The zero-order chi connectivity index (χ0) is 18.4. The highest BCUT2D eigenvalue weighted by molar-refractivity contribution is 5.55. The largest absolute Gasteiger partial charge is 0.504 e. The van der Waals surface area contributed by atoms with E-state index in [1.165, 1.54) is 22.3 Å². The highest BCUT2D eigenvalue weighted by atomic mass is 16.5. The van der Waals surface area contributed by atoms with E-state index in [1.807, 2.05) is 12.1 Å². The van der Waals surface area contributed by atoms with Gasteiger partial charge >= 0.3 is 0 Å². The molecule has 2 aromatic carbocycles. The molecule has 138 valence electrons. The minimum Gasteiger partial charge on any atom is -0.504 e. The first-order chi connectivity index (χ1) is 12.6. The Bertz CT molecular complexity index is 848. The molecule has 5 heteroatoms. The van der Waals surface area contributed by atoms with E-state index in [0.29, 0.717) is 11.7 Å². The average molecular weight is 355 g/mol. The smallest absolute Gasteiger partial charge is 0.161 e. The van der Waals surface area contributed by atoms with Gasteiger partial charge in [0.1, 0.15) is 0 Å². The highest BCUT2D eigenvalue weighted by Gasteiger charge is 2.40. The van der Waals surface area contributed by atoms with Crippen molar-refractivity contribution in [2.45, 2.75) is 24.8 Å². The molecule has 0 saturated heterocycles. The Kier molecular flexibility index (Phi) is 4.19. The Hall–Kier alpha value is -2.40. The molecule has 1 aliphatic heterocycles. The maximum atomic E-state index is 10.2. The van der Waals surface area contributed by atoms with Crippen LogP contribution in [-0.2, 0) is 12.8 Å². The summed E-state index contributed by atoms with van der Waals surface area (Å²) in [4.78, 5) is 2.41. The summed E-state index contributed by atoms with van der Waals surface area (Å²) in [5, 5.41) is 10.2. The normalized spacial score (nSPS) is 21.4. The summed E-state index contributed by atoms with van der Waals surface area (Å²) in [7, 11) is 7.12. The molecule has 1 heterocycles. The molecular weight excluding hydrogens is 330 g/mol. The lowest BCUT2D eigenvalue weighted by atomic mass is 9.88. The molecule has 2 aliphatic rings. The Morgan fingerprint density at radius 1 is 0.885 bits per heavy atom. The Labute approximate surface area is 154 Å². The molecule has 4 rings (SSSR count). The van der Waals surface area contributed by atoms with Crippen molar-refractivity contribution in [1.29, 1.82) is 0 Å². The molecule has 0 aromatic heterocycles. The van der Waals surface area contributed by atoms with Gasteiger partial charge in [0.25, 0.3) is 0 Å². The lowest BCUT2D eigenvalue weighted by Gasteiger charge is -2.28. The van der Waals surface area contributed by atoms with Gasteiger partial charge in [0.05, 0.1) is 21.3 Å². The van der Waals surface area contributed by atoms with Crippen molar-refractivity contribution in [3.05, 3.63) is 46.5 Å². The number of benzene rings is 2. The van der Waals surface area contributed by atoms with Crippen LogP contribution in [0.3, 0.4) is 0 Å². The number of ether oxygens (including phenoxy) is 3. The number of phenols is 1. The summed E-state index contributed by atoms with van der Waals surface area (Å²) in [6, 6.07) is 8.37. The summed E-state index contributed by atoms with van der Waals surface area (Å²) in [5.41, 5.74) is 5.06. The first-order valence-electron chi connectivity index (χ1n) is 8.92. The number of rotatable bonds is 3. The van der Waals surface area contributed by atoms with Crippen LogP contribution in [0.4, 0.5) is 0 Å². The monoisotopic (exact) mass is 355 g/mol. The Balaban J connectivity index is 1.85. The van der Waals surface area contributed by atoms with E-state index in [4.69, 9.17) is 14.2 Å². The van der Waals surface area contributed by atoms with Gasteiger partial charge < -0.3 is 19.3 Å². The van der Waals surface area contributed by atoms with Crippen molar-refractivity contribution in [2.75, 3.05) is 34.9 Å². The minimum atomic E-state index is 0.206. The van der Waals surface area contributed by atoms with Gasteiger partial charge in [-0.1, -0.05) is 0 Å². The van der Waals surface area contributed by atoms with Gasteiger partial charge in [-0.15, -0.1) is 0 Å². The molecular formula is C21H25NO4. The Morgan fingerprint density at radius 3 is 2.23 bits per heavy atom. The highest BCUT2D eigenvalue weighted by Crippen LogP contribution is 2.51. The van der Waals surface area contributed by atoms with Crippen LogP contribution < -0.4 is 14.2 Å². The number of nitrogens with zero attached hydrogens (tertiary/aromatic N) is 1. The summed E-state index contributed by atoms with van der Waals surface area (Å²) in [6.45, 7) is 0.965. The third-order valence-corrected chi connectivity index (χ3v) is 5.83. The van der Waals surface area contributed by atoms with Crippen LogP contribution in [-0.4, -0.2) is 44.9 Å². The van der Waals surface area contributed by atoms with Gasteiger partial charge in [-0.05, 0) is 66.4 Å². The molecule has 2 aromatic rings. The molecule has 26 heavy (non-hydrogen) atoms. The molecule has 0 radical (unpaired) electrons. The predicted molar refractivity (Wildman–Crippen MR) is 99.7 cm³/mol. The lowest BCUT2D eigenvalue weighted by molar-refractivity contribution is 0.235. The van der Waals surface area contributed by atoms with Crippen molar-refractivity contribution < 1.29 is 19.3 Å². The van der Waals surface area contributed by atoms with Crippen LogP contribution in [0.2, 0.25) is 0 Å². The fourth-order valence-electron chi connectivity index (χ4n) is 4.57. The summed E-state index contributed by atoms with van der Waals surface area (Å²) >= 11 is 0. The van der Waals surface area contributed by atoms with E-state index in [9.17, 15) is 5.11 Å². The van der Waals surface area contributed by atoms with Gasteiger partial charge in [0.15, 0.2) is 23.0 Å². The van der Waals surface area contributed by atoms with Crippen molar-refractivity contribution in [2.24, 2.45) is 0 Å². The second kappa shape index (κ2) is 6.40. The van der Waals surface area contributed by atoms with Crippen LogP contribution in [0.15, 0.2) is 24.3 Å². The van der Waals surface area contributed by atoms with E-state index >= 15 is 0 Å². The molecule has 0 bridgehead atoms. The van der Waals surface area contributed by atoms with Crippen molar-refractivity contribution in [3.63, 3.8) is 0 Å². The van der Waals surface area contributed by atoms with Gasteiger partial charge in [0, 0.05) is 18.5 Å². The van der Waals surface area contributed by atoms with Crippen molar-refractivity contribution >= 4 is 0 Å². The van der Waals surface area contributed by atoms with Crippen LogP contribution in [0, 0.1) is 0 Å². The van der Waals surface area contributed by atoms with E-state index in [-0.39, 0.29) is 11.8 Å². The SMILES string of the molecule is COc1cc2c(cc1O)CC1c3cc(OC)c(OC)cc3CCN(C)C21.